The Balaban J connectivity index is 1.35. The second kappa shape index (κ2) is 8.28. The molecule has 2 aliphatic heterocycles. The molecule has 1 unspecified atom stereocenters. The fourth-order valence-corrected chi connectivity index (χ4v) is 4.45. The summed E-state index contributed by atoms with van der Waals surface area (Å²) in [6.07, 6.45) is 5.00. The SMILES string of the molecule is O=C(OCC1CCCCN1Cc1nc2cccnc2s1)N1CCOCC1. The summed E-state index contributed by atoms with van der Waals surface area (Å²) in [7, 11) is 0. The largest absolute Gasteiger partial charge is 0.448 e. The van der Waals surface area contributed by atoms with Gasteiger partial charge in [0, 0.05) is 25.3 Å². The smallest absolute Gasteiger partial charge is 0.409 e. The lowest BCUT2D eigenvalue weighted by molar-refractivity contribution is 0.0119. The Bertz CT molecular complexity index is 714. The van der Waals surface area contributed by atoms with Gasteiger partial charge in [-0.2, -0.15) is 0 Å². The summed E-state index contributed by atoms with van der Waals surface area (Å²) >= 11 is 1.65. The molecule has 2 aromatic heterocycles. The maximum Gasteiger partial charge on any atom is 0.409 e. The lowest BCUT2D eigenvalue weighted by Crippen LogP contribution is -2.45. The highest BCUT2D eigenvalue weighted by molar-refractivity contribution is 7.18. The molecule has 140 valence electrons. The lowest BCUT2D eigenvalue weighted by atomic mass is 10.0. The molecule has 8 heteroatoms. The number of aromatic nitrogens is 2. The zero-order valence-electron chi connectivity index (χ0n) is 14.8. The molecular weight excluding hydrogens is 352 g/mol. The van der Waals surface area contributed by atoms with Gasteiger partial charge < -0.3 is 14.4 Å². The number of likely N-dealkylation sites (tertiary alicyclic amines) is 1. The maximum atomic E-state index is 12.2. The molecule has 0 saturated carbocycles. The Morgan fingerprint density at radius 2 is 2.19 bits per heavy atom. The molecular formula is C18H24N4O3S. The van der Waals surface area contributed by atoms with Crippen molar-refractivity contribution >= 4 is 27.8 Å². The van der Waals surface area contributed by atoms with Crippen LogP contribution in [0.2, 0.25) is 0 Å². The zero-order chi connectivity index (χ0) is 17.8. The summed E-state index contributed by atoms with van der Waals surface area (Å²) in [5, 5.41) is 1.07. The first-order valence-corrected chi connectivity index (χ1v) is 10.1. The number of fused-ring (bicyclic) bond motifs is 1. The van der Waals surface area contributed by atoms with Gasteiger partial charge in [-0.3, -0.25) is 4.90 Å². The monoisotopic (exact) mass is 376 g/mol. The van der Waals surface area contributed by atoms with Crippen molar-refractivity contribution in [3.63, 3.8) is 0 Å². The normalized spacial score (nSPS) is 21.8. The molecule has 2 aromatic rings. The molecule has 2 aliphatic rings. The van der Waals surface area contributed by atoms with Crippen LogP contribution in [-0.4, -0.2) is 71.4 Å². The first-order chi connectivity index (χ1) is 12.8. The van der Waals surface area contributed by atoms with Gasteiger partial charge in [-0.1, -0.05) is 17.8 Å². The van der Waals surface area contributed by atoms with Crippen LogP contribution < -0.4 is 0 Å². The minimum atomic E-state index is -0.219. The van der Waals surface area contributed by atoms with Crippen molar-refractivity contribution in [1.82, 2.24) is 19.8 Å². The molecule has 26 heavy (non-hydrogen) atoms. The Morgan fingerprint density at radius 1 is 1.31 bits per heavy atom. The average molecular weight is 376 g/mol. The van der Waals surface area contributed by atoms with Crippen LogP contribution >= 0.6 is 11.3 Å². The van der Waals surface area contributed by atoms with Gasteiger partial charge in [0.2, 0.25) is 0 Å². The zero-order valence-corrected chi connectivity index (χ0v) is 15.6. The van der Waals surface area contributed by atoms with Crippen LogP contribution in [0.5, 0.6) is 0 Å². The fraction of sp³-hybridized carbons (Fsp3) is 0.611. The molecule has 2 saturated heterocycles. The number of carbonyl (C=O) groups excluding carboxylic acids is 1. The summed E-state index contributed by atoms with van der Waals surface area (Å²) in [6.45, 7) is 4.67. The molecule has 0 bridgehead atoms. The number of rotatable bonds is 4. The molecule has 1 atom stereocenters. The van der Waals surface area contributed by atoms with E-state index in [0.29, 0.717) is 32.9 Å². The van der Waals surface area contributed by atoms with Crippen molar-refractivity contribution in [1.29, 1.82) is 0 Å². The van der Waals surface area contributed by atoms with Crippen molar-refractivity contribution < 1.29 is 14.3 Å². The fourth-order valence-electron chi connectivity index (χ4n) is 3.52. The van der Waals surface area contributed by atoms with E-state index in [2.05, 4.69) is 9.88 Å². The predicted molar refractivity (Wildman–Crippen MR) is 99.2 cm³/mol. The number of carbonyl (C=O) groups is 1. The Labute approximate surface area is 156 Å². The van der Waals surface area contributed by atoms with Gasteiger partial charge in [-0.15, -0.1) is 0 Å². The number of piperidine rings is 1. The molecule has 7 nitrogen and oxygen atoms in total. The number of morpholine rings is 1. The van der Waals surface area contributed by atoms with Crippen molar-refractivity contribution in [3.8, 4) is 0 Å². The summed E-state index contributed by atoms with van der Waals surface area (Å²) in [5.74, 6) is 0. The molecule has 0 spiro atoms. The molecule has 0 aromatic carbocycles. The highest BCUT2D eigenvalue weighted by atomic mass is 32.1. The van der Waals surface area contributed by atoms with Gasteiger partial charge in [0.15, 0.2) is 0 Å². The second-order valence-corrected chi connectivity index (χ2v) is 7.79. The lowest BCUT2D eigenvalue weighted by Gasteiger charge is -2.35. The number of amides is 1. The van der Waals surface area contributed by atoms with Crippen LogP contribution in [0.25, 0.3) is 10.3 Å². The number of ether oxygens (including phenoxy) is 2. The molecule has 1 amide bonds. The van der Waals surface area contributed by atoms with Crippen LogP contribution in [0.4, 0.5) is 4.79 Å². The highest BCUT2D eigenvalue weighted by Gasteiger charge is 2.26. The number of pyridine rings is 1. The quantitative estimate of drug-likeness (QED) is 0.817. The standard InChI is InChI=1S/C18H24N4O3S/c23-18(21-8-10-24-11-9-21)25-13-14-4-1-2-7-22(14)12-16-20-15-5-3-6-19-17(15)26-16/h3,5-6,14H,1-2,4,7-13H2. The van der Waals surface area contributed by atoms with Crippen molar-refractivity contribution in [2.24, 2.45) is 0 Å². The third-order valence-electron chi connectivity index (χ3n) is 4.97. The van der Waals surface area contributed by atoms with Gasteiger partial charge in [-0.05, 0) is 31.5 Å². The summed E-state index contributed by atoms with van der Waals surface area (Å²) in [4.78, 5) is 26.4. The van der Waals surface area contributed by atoms with Crippen LogP contribution in [0.1, 0.15) is 24.3 Å². The van der Waals surface area contributed by atoms with Crippen LogP contribution in [0.15, 0.2) is 18.3 Å². The number of hydrogen-bond acceptors (Lipinski definition) is 7. The molecule has 2 fully saturated rings. The number of thiazole rings is 1. The van der Waals surface area contributed by atoms with E-state index in [1.807, 2.05) is 12.1 Å². The molecule has 4 heterocycles. The van der Waals surface area contributed by atoms with E-state index in [4.69, 9.17) is 14.5 Å². The van der Waals surface area contributed by atoms with Crippen LogP contribution in [0.3, 0.4) is 0 Å². The van der Waals surface area contributed by atoms with E-state index < -0.39 is 0 Å². The maximum absolute atomic E-state index is 12.2. The highest BCUT2D eigenvalue weighted by Crippen LogP contribution is 2.24. The van der Waals surface area contributed by atoms with E-state index in [1.54, 1.807) is 22.4 Å². The Kier molecular flexibility index (Phi) is 5.62. The summed E-state index contributed by atoms with van der Waals surface area (Å²) in [5.41, 5.74) is 0.958. The first kappa shape index (κ1) is 17.6. The van der Waals surface area contributed by atoms with E-state index in [0.717, 1.165) is 34.9 Å². The second-order valence-electron chi connectivity index (χ2n) is 6.73. The summed E-state index contributed by atoms with van der Waals surface area (Å²) in [6, 6.07) is 4.18. The molecule has 0 aliphatic carbocycles. The van der Waals surface area contributed by atoms with Gasteiger partial charge in [0.1, 0.15) is 22.0 Å². The van der Waals surface area contributed by atoms with E-state index in [9.17, 15) is 4.79 Å². The first-order valence-electron chi connectivity index (χ1n) is 9.23. The minimum Gasteiger partial charge on any atom is -0.448 e. The van der Waals surface area contributed by atoms with Gasteiger partial charge in [0.25, 0.3) is 0 Å². The Hall–Kier alpha value is -1.77. The van der Waals surface area contributed by atoms with Crippen molar-refractivity contribution in [2.75, 3.05) is 39.5 Å². The minimum absolute atomic E-state index is 0.219. The molecule has 4 rings (SSSR count). The number of nitrogens with zero attached hydrogens (tertiary/aromatic N) is 4. The van der Waals surface area contributed by atoms with Gasteiger partial charge in [0.05, 0.1) is 19.8 Å². The van der Waals surface area contributed by atoms with Crippen molar-refractivity contribution in [2.45, 2.75) is 31.8 Å². The van der Waals surface area contributed by atoms with Crippen LogP contribution in [0, 0.1) is 0 Å². The van der Waals surface area contributed by atoms with Gasteiger partial charge >= 0.3 is 6.09 Å². The van der Waals surface area contributed by atoms with Crippen molar-refractivity contribution in [3.05, 3.63) is 23.3 Å². The van der Waals surface area contributed by atoms with Crippen LogP contribution in [-0.2, 0) is 16.0 Å². The third kappa shape index (κ3) is 4.13. The molecule has 0 N–H and O–H groups in total. The Morgan fingerprint density at radius 3 is 3.04 bits per heavy atom. The van der Waals surface area contributed by atoms with E-state index in [1.165, 1.54) is 12.8 Å². The van der Waals surface area contributed by atoms with E-state index in [-0.39, 0.29) is 12.1 Å². The summed E-state index contributed by atoms with van der Waals surface area (Å²) < 4.78 is 10.9. The topological polar surface area (TPSA) is 67.8 Å². The third-order valence-corrected chi connectivity index (χ3v) is 5.93. The van der Waals surface area contributed by atoms with Gasteiger partial charge in [-0.25, -0.2) is 14.8 Å². The predicted octanol–water partition coefficient (Wildman–Crippen LogP) is 2.51. The molecule has 0 radical (unpaired) electrons. The number of hydrogen-bond donors (Lipinski definition) is 0. The van der Waals surface area contributed by atoms with E-state index >= 15 is 0 Å². The average Bonchev–Trinajstić information content (AvgIpc) is 3.10.